The van der Waals surface area contributed by atoms with Crippen molar-refractivity contribution < 1.29 is 4.74 Å². The van der Waals surface area contributed by atoms with E-state index >= 15 is 0 Å². The van der Waals surface area contributed by atoms with E-state index in [1.54, 1.807) is 7.11 Å². The minimum absolute atomic E-state index is 0.0854. The van der Waals surface area contributed by atoms with Gasteiger partial charge in [-0.25, -0.2) is 0 Å². The number of hydrogen-bond acceptors (Lipinski definition) is 5. The largest absolute Gasteiger partial charge is 0.497 e. The second-order valence-electron chi connectivity index (χ2n) is 9.91. The molecule has 2 aliphatic rings. The lowest BCUT2D eigenvalue weighted by Gasteiger charge is -2.41. The molecule has 2 heterocycles. The summed E-state index contributed by atoms with van der Waals surface area (Å²) in [5.74, 6) is 0.864. The fraction of sp³-hybridized carbons (Fsp3) is 0.219. The molecule has 0 aliphatic carbocycles. The van der Waals surface area contributed by atoms with E-state index in [4.69, 9.17) is 9.73 Å². The first kappa shape index (κ1) is 24.2. The Bertz CT molecular complexity index is 1390. The van der Waals surface area contributed by atoms with E-state index in [-0.39, 0.29) is 21.0 Å². The van der Waals surface area contributed by atoms with Crippen molar-refractivity contribution in [2.75, 3.05) is 12.0 Å². The van der Waals surface area contributed by atoms with Gasteiger partial charge in [0.15, 0.2) is 0 Å². The van der Waals surface area contributed by atoms with Gasteiger partial charge in [0.25, 0.3) is 0 Å². The first-order valence-electron chi connectivity index (χ1n) is 12.6. The van der Waals surface area contributed by atoms with Crippen LogP contribution < -0.4 is 9.64 Å². The Hall–Kier alpha value is -3.15. The highest BCUT2D eigenvalue weighted by Gasteiger charge is 2.65. The summed E-state index contributed by atoms with van der Waals surface area (Å²) in [5, 5.41) is 1.24. The number of anilines is 1. The summed E-state index contributed by atoms with van der Waals surface area (Å²) >= 11 is 3.97. The van der Waals surface area contributed by atoms with Crippen LogP contribution in [0, 0.1) is 0 Å². The number of nitrogens with zero attached hydrogens (tertiary/aromatic N) is 2. The van der Waals surface area contributed by atoms with Crippen LogP contribution in [0.25, 0.3) is 0 Å². The summed E-state index contributed by atoms with van der Waals surface area (Å²) in [5.41, 5.74) is 4.64. The van der Waals surface area contributed by atoms with Crippen LogP contribution in [0.2, 0.25) is 0 Å². The lowest BCUT2D eigenvalue weighted by molar-refractivity contribution is 0.414. The van der Waals surface area contributed by atoms with Gasteiger partial charge in [0.1, 0.15) is 15.2 Å². The van der Waals surface area contributed by atoms with Crippen molar-refractivity contribution >= 4 is 34.3 Å². The van der Waals surface area contributed by atoms with Crippen LogP contribution in [0.4, 0.5) is 5.69 Å². The Morgan fingerprint density at radius 3 is 1.89 bits per heavy atom. The predicted molar refractivity (Wildman–Crippen MR) is 159 cm³/mol. The van der Waals surface area contributed by atoms with Crippen molar-refractivity contribution in [2.45, 2.75) is 34.9 Å². The Labute approximate surface area is 228 Å². The molecular formula is C32H30N2OS2. The van der Waals surface area contributed by atoms with Gasteiger partial charge in [-0.05, 0) is 49.2 Å². The molecule has 186 valence electrons. The molecule has 3 nitrogen and oxygen atoms in total. The smallest absolute Gasteiger partial charge is 0.119 e. The molecule has 5 heteroatoms. The van der Waals surface area contributed by atoms with E-state index < -0.39 is 0 Å². The number of hydrogen-bond donors (Lipinski definition) is 0. The average Bonchev–Trinajstić information content (AvgIpc) is 3.44. The SMILES string of the molecule is COc1ccc(N2[C@H](c3ccccc3)S[C@@]3(SC(c4ccccc4)=NC3(C)C)[C@H]2c2ccccc2)cc1. The second kappa shape index (κ2) is 9.62. The number of methoxy groups -OCH3 is 1. The molecule has 0 bridgehead atoms. The van der Waals surface area contributed by atoms with Crippen LogP contribution in [0.1, 0.15) is 42.0 Å². The predicted octanol–water partition coefficient (Wildman–Crippen LogP) is 8.36. The topological polar surface area (TPSA) is 24.8 Å². The summed E-state index contributed by atoms with van der Waals surface area (Å²) < 4.78 is 5.25. The number of thioether (sulfide) groups is 2. The second-order valence-corrected chi connectivity index (χ2v) is 12.7. The third-order valence-electron chi connectivity index (χ3n) is 7.25. The zero-order valence-electron chi connectivity index (χ0n) is 21.2. The first-order chi connectivity index (χ1) is 18.0. The van der Waals surface area contributed by atoms with E-state index in [2.05, 4.69) is 134 Å². The molecule has 4 aromatic rings. The number of ether oxygens (including phenoxy) is 1. The molecule has 37 heavy (non-hydrogen) atoms. The Kier molecular flexibility index (Phi) is 6.29. The van der Waals surface area contributed by atoms with E-state index in [0.29, 0.717) is 0 Å². The molecule has 6 rings (SSSR count). The molecule has 3 atom stereocenters. The molecule has 1 fully saturated rings. The summed E-state index contributed by atoms with van der Waals surface area (Å²) in [6, 6.07) is 41.0. The van der Waals surface area contributed by atoms with Crippen molar-refractivity contribution in [3.8, 4) is 5.75 Å². The fourth-order valence-corrected chi connectivity index (χ4v) is 9.26. The minimum Gasteiger partial charge on any atom is -0.497 e. The number of rotatable bonds is 5. The molecule has 0 amide bonds. The van der Waals surface area contributed by atoms with E-state index in [1.165, 1.54) is 22.4 Å². The monoisotopic (exact) mass is 522 g/mol. The van der Waals surface area contributed by atoms with Crippen LogP contribution in [-0.4, -0.2) is 21.8 Å². The van der Waals surface area contributed by atoms with Gasteiger partial charge in [-0.15, -0.1) is 11.8 Å². The van der Waals surface area contributed by atoms with Gasteiger partial charge >= 0.3 is 0 Å². The molecule has 0 unspecified atom stereocenters. The Balaban J connectivity index is 1.55. The fourth-order valence-electron chi connectivity index (χ4n) is 5.39. The van der Waals surface area contributed by atoms with Crippen molar-refractivity contribution in [1.29, 1.82) is 0 Å². The van der Waals surface area contributed by atoms with E-state index in [0.717, 1.165) is 10.8 Å². The highest BCUT2D eigenvalue weighted by atomic mass is 32.2. The van der Waals surface area contributed by atoms with Crippen LogP contribution >= 0.6 is 23.5 Å². The van der Waals surface area contributed by atoms with Crippen molar-refractivity contribution in [2.24, 2.45) is 4.99 Å². The highest BCUT2D eigenvalue weighted by molar-refractivity contribution is 8.27. The molecule has 0 aromatic heterocycles. The lowest BCUT2D eigenvalue weighted by Crippen LogP contribution is -2.46. The maximum Gasteiger partial charge on any atom is 0.119 e. The van der Waals surface area contributed by atoms with Gasteiger partial charge in [0.2, 0.25) is 0 Å². The molecule has 0 N–H and O–H groups in total. The van der Waals surface area contributed by atoms with Crippen molar-refractivity contribution in [3.05, 3.63) is 132 Å². The third-order valence-corrected chi connectivity index (χ3v) is 11.1. The highest BCUT2D eigenvalue weighted by Crippen LogP contribution is 2.71. The quantitative estimate of drug-likeness (QED) is 0.263. The summed E-state index contributed by atoms with van der Waals surface area (Å²) in [6.07, 6.45) is 0. The summed E-state index contributed by atoms with van der Waals surface area (Å²) in [6.45, 7) is 4.61. The van der Waals surface area contributed by atoms with E-state index in [9.17, 15) is 0 Å². The zero-order valence-corrected chi connectivity index (χ0v) is 22.9. The molecule has 0 radical (unpaired) electrons. The van der Waals surface area contributed by atoms with Crippen molar-refractivity contribution in [3.63, 3.8) is 0 Å². The molecule has 1 saturated heterocycles. The standard InChI is InChI=1S/C32H30N2OS2/c1-31(2)32(36-29(33-31)24-15-9-5-10-16-24)28(23-13-7-4-8-14-23)34(26-19-21-27(35-3)22-20-26)30(37-32)25-17-11-6-12-18-25/h4-22,28,30H,1-3H3/t28-,30+,32+/m1/s1. The van der Waals surface area contributed by atoms with Crippen LogP contribution in [0.15, 0.2) is 120 Å². The number of aliphatic imine (C=N–C) groups is 1. The van der Waals surface area contributed by atoms with E-state index in [1.807, 2.05) is 23.5 Å². The molecule has 1 spiro atoms. The minimum atomic E-state index is -0.317. The van der Waals surface area contributed by atoms with Gasteiger partial charge < -0.3 is 9.64 Å². The van der Waals surface area contributed by atoms with Gasteiger partial charge in [-0.1, -0.05) is 103 Å². The summed E-state index contributed by atoms with van der Waals surface area (Å²) in [7, 11) is 1.72. The maximum absolute atomic E-state index is 5.50. The van der Waals surface area contributed by atoms with Gasteiger partial charge in [-0.3, -0.25) is 4.99 Å². The third kappa shape index (κ3) is 4.14. The Morgan fingerprint density at radius 1 is 0.730 bits per heavy atom. The summed E-state index contributed by atoms with van der Waals surface area (Å²) in [4.78, 5) is 8.00. The van der Waals surface area contributed by atoms with Crippen molar-refractivity contribution in [1.82, 2.24) is 0 Å². The van der Waals surface area contributed by atoms with Gasteiger partial charge in [0, 0.05) is 11.3 Å². The molecular weight excluding hydrogens is 492 g/mol. The number of benzene rings is 4. The normalized spacial score (nSPS) is 24.3. The molecule has 2 aliphatic heterocycles. The average molecular weight is 523 g/mol. The molecule has 0 saturated carbocycles. The molecule has 4 aromatic carbocycles. The van der Waals surface area contributed by atoms with Crippen LogP contribution in [0.3, 0.4) is 0 Å². The lowest BCUT2D eigenvalue weighted by atomic mass is 9.88. The van der Waals surface area contributed by atoms with Crippen LogP contribution in [0.5, 0.6) is 5.75 Å². The van der Waals surface area contributed by atoms with Crippen LogP contribution in [-0.2, 0) is 0 Å². The van der Waals surface area contributed by atoms with Gasteiger partial charge in [0.05, 0.1) is 23.7 Å². The maximum atomic E-state index is 5.50. The first-order valence-corrected chi connectivity index (χ1v) is 14.3. The zero-order chi connectivity index (χ0) is 25.5. The van der Waals surface area contributed by atoms with Gasteiger partial charge in [-0.2, -0.15) is 0 Å². The Morgan fingerprint density at radius 2 is 1.30 bits per heavy atom.